The van der Waals surface area contributed by atoms with E-state index in [4.69, 9.17) is 0 Å². The molecule has 26 heavy (non-hydrogen) atoms. The van der Waals surface area contributed by atoms with Crippen molar-refractivity contribution in [3.63, 3.8) is 0 Å². The fraction of sp³-hybridized carbons (Fsp3) is 0.333. The van der Waals surface area contributed by atoms with Crippen LogP contribution in [0.2, 0.25) is 0 Å². The van der Waals surface area contributed by atoms with E-state index < -0.39 is 0 Å². The number of nitrogens with zero attached hydrogens (tertiary/aromatic N) is 3. The maximum atomic E-state index is 13.2. The Morgan fingerprint density at radius 2 is 2.00 bits per heavy atom. The van der Waals surface area contributed by atoms with Crippen LogP contribution in [0.25, 0.3) is 10.2 Å². The standard InChI is InChI=1S/C18H19FN4OS2/c19-13-3-4-15-16(10-13)26-18(20-15)21-17(24)12-23-7-5-22(6-8-23)11-14-2-1-9-25-14/h1-4,9-10H,5-8,11-12H2,(H,20,21,24). The van der Waals surface area contributed by atoms with E-state index >= 15 is 0 Å². The van der Waals surface area contributed by atoms with E-state index in [2.05, 4.69) is 37.6 Å². The molecule has 1 aromatic carbocycles. The molecule has 1 saturated heterocycles. The van der Waals surface area contributed by atoms with Gasteiger partial charge >= 0.3 is 0 Å². The number of thiazole rings is 1. The molecule has 8 heteroatoms. The van der Waals surface area contributed by atoms with Gasteiger partial charge in [-0.2, -0.15) is 0 Å². The number of hydrogen-bond acceptors (Lipinski definition) is 6. The third kappa shape index (κ3) is 4.27. The van der Waals surface area contributed by atoms with Crippen LogP contribution < -0.4 is 5.32 Å². The highest BCUT2D eigenvalue weighted by molar-refractivity contribution is 7.22. The van der Waals surface area contributed by atoms with Crippen molar-refractivity contribution in [3.8, 4) is 0 Å². The minimum atomic E-state index is -0.292. The average molecular weight is 391 g/mol. The van der Waals surface area contributed by atoms with Crippen LogP contribution in [-0.4, -0.2) is 53.4 Å². The number of fused-ring (bicyclic) bond motifs is 1. The Morgan fingerprint density at radius 3 is 2.77 bits per heavy atom. The summed E-state index contributed by atoms with van der Waals surface area (Å²) in [6, 6.07) is 8.69. The lowest BCUT2D eigenvalue weighted by molar-refractivity contribution is -0.117. The molecule has 1 N–H and O–H groups in total. The minimum Gasteiger partial charge on any atom is -0.301 e. The molecule has 2 aromatic heterocycles. The lowest BCUT2D eigenvalue weighted by atomic mass is 10.3. The molecule has 5 nitrogen and oxygen atoms in total. The summed E-state index contributed by atoms with van der Waals surface area (Å²) in [7, 11) is 0. The maximum Gasteiger partial charge on any atom is 0.240 e. The van der Waals surface area contributed by atoms with Crippen molar-refractivity contribution in [3.05, 3.63) is 46.4 Å². The van der Waals surface area contributed by atoms with Gasteiger partial charge < -0.3 is 5.32 Å². The maximum absolute atomic E-state index is 13.2. The molecule has 0 saturated carbocycles. The van der Waals surface area contributed by atoms with Crippen LogP contribution >= 0.6 is 22.7 Å². The van der Waals surface area contributed by atoms with Gasteiger partial charge in [0.15, 0.2) is 5.13 Å². The first-order valence-electron chi connectivity index (χ1n) is 8.49. The van der Waals surface area contributed by atoms with Crippen LogP contribution in [0.1, 0.15) is 4.88 Å². The summed E-state index contributed by atoms with van der Waals surface area (Å²) in [5.74, 6) is -0.365. The average Bonchev–Trinajstić information content (AvgIpc) is 3.25. The molecular formula is C18H19FN4OS2. The van der Waals surface area contributed by atoms with Crippen LogP contribution in [0.15, 0.2) is 35.7 Å². The van der Waals surface area contributed by atoms with Gasteiger partial charge in [0.25, 0.3) is 0 Å². The molecule has 0 aliphatic carbocycles. The van der Waals surface area contributed by atoms with E-state index in [1.165, 1.54) is 28.3 Å². The van der Waals surface area contributed by atoms with E-state index in [1.54, 1.807) is 17.4 Å². The number of nitrogens with one attached hydrogen (secondary N) is 1. The monoisotopic (exact) mass is 390 g/mol. The number of amides is 1. The van der Waals surface area contributed by atoms with Gasteiger partial charge in [-0.05, 0) is 29.6 Å². The highest BCUT2D eigenvalue weighted by Crippen LogP contribution is 2.26. The van der Waals surface area contributed by atoms with Gasteiger partial charge in [-0.25, -0.2) is 9.37 Å². The zero-order valence-electron chi connectivity index (χ0n) is 14.2. The minimum absolute atomic E-state index is 0.0729. The number of anilines is 1. The van der Waals surface area contributed by atoms with E-state index in [0.29, 0.717) is 17.2 Å². The Bertz CT molecular complexity index is 888. The molecule has 1 aliphatic rings. The molecule has 1 aliphatic heterocycles. The number of benzene rings is 1. The molecule has 0 atom stereocenters. The third-order valence-corrected chi connectivity index (χ3v) is 6.18. The second kappa shape index (κ2) is 7.79. The van der Waals surface area contributed by atoms with Gasteiger partial charge in [0.2, 0.25) is 5.91 Å². The first kappa shape index (κ1) is 17.5. The SMILES string of the molecule is O=C(CN1CCN(Cc2cccs2)CC1)Nc1nc2ccc(F)cc2s1. The Balaban J connectivity index is 1.27. The molecule has 3 heterocycles. The zero-order chi connectivity index (χ0) is 17.9. The van der Waals surface area contributed by atoms with Crippen molar-refractivity contribution < 1.29 is 9.18 Å². The van der Waals surface area contributed by atoms with Gasteiger partial charge in [-0.1, -0.05) is 17.4 Å². The first-order chi connectivity index (χ1) is 12.7. The molecule has 4 rings (SSSR count). The van der Waals surface area contributed by atoms with Gasteiger partial charge in [-0.15, -0.1) is 11.3 Å². The summed E-state index contributed by atoms with van der Waals surface area (Å²) in [6.07, 6.45) is 0. The Hall–Kier alpha value is -1.87. The van der Waals surface area contributed by atoms with Crippen molar-refractivity contribution in [2.75, 3.05) is 38.0 Å². The third-order valence-electron chi connectivity index (χ3n) is 4.39. The van der Waals surface area contributed by atoms with Crippen molar-refractivity contribution in [1.82, 2.24) is 14.8 Å². The number of piperazine rings is 1. The molecule has 0 bridgehead atoms. The number of hydrogen-bond donors (Lipinski definition) is 1. The predicted octanol–water partition coefficient (Wildman–Crippen LogP) is 3.25. The van der Waals surface area contributed by atoms with E-state index in [1.807, 2.05) is 0 Å². The van der Waals surface area contributed by atoms with Crippen LogP contribution in [0.5, 0.6) is 0 Å². The molecule has 0 unspecified atom stereocenters. The van der Waals surface area contributed by atoms with Gasteiger partial charge in [0, 0.05) is 37.6 Å². The lowest BCUT2D eigenvalue weighted by Crippen LogP contribution is -2.48. The molecule has 0 spiro atoms. The summed E-state index contributed by atoms with van der Waals surface area (Å²) in [5.41, 5.74) is 0.703. The lowest BCUT2D eigenvalue weighted by Gasteiger charge is -2.33. The highest BCUT2D eigenvalue weighted by Gasteiger charge is 2.19. The van der Waals surface area contributed by atoms with E-state index in [9.17, 15) is 9.18 Å². The number of aromatic nitrogens is 1. The summed E-state index contributed by atoms with van der Waals surface area (Å²) in [5, 5.41) is 5.46. The smallest absolute Gasteiger partial charge is 0.240 e. The van der Waals surface area contributed by atoms with Gasteiger partial charge in [0.1, 0.15) is 5.82 Å². The molecule has 136 valence electrons. The van der Waals surface area contributed by atoms with Gasteiger partial charge in [0.05, 0.1) is 16.8 Å². The van der Waals surface area contributed by atoms with E-state index in [-0.39, 0.29) is 11.7 Å². The van der Waals surface area contributed by atoms with Crippen molar-refractivity contribution in [2.24, 2.45) is 0 Å². The Kier molecular flexibility index (Phi) is 5.26. The Labute approximate surface area is 159 Å². The number of carbonyl (C=O) groups is 1. The predicted molar refractivity (Wildman–Crippen MR) is 104 cm³/mol. The molecule has 3 aromatic rings. The topological polar surface area (TPSA) is 48.5 Å². The van der Waals surface area contributed by atoms with Crippen LogP contribution in [0, 0.1) is 5.82 Å². The summed E-state index contributed by atoms with van der Waals surface area (Å²) >= 11 is 3.08. The first-order valence-corrected chi connectivity index (χ1v) is 10.2. The van der Waals surface area contributed by atoms with Crippen LogP contribution in [0.4, 0.5) is 9.52 Å². The highest BCUT2D eigenvalue weighted by atomic mass is 32.1. The number of rotatable bonds is 5. The summed E-state index contributed by atoms with van der Waals surface area (Å²) in [4.78, 5) is 22.6. The van der Waals surface area contributed by atoms with Crippen molar-refractivity contribution >= 4 is 43.9 Å². The fourth-order valence-corrected chi connectivity index (χ4v) is 4.70. The number of carbonyl (C=O) groups excluding carboxylic acids is 1. The normalized spacial score (nSPS) is 16.2. The van der Waals surface area contributed by atoms with Crippen LogP contribution in [-0.2, 0) is 11.3 Å². The Morgan fingerprint density at radius 1 is 1.19 bits per heavy atom. The molecule has 1 amide bonds. The molecule has 1 fully saturated rings. The second-order valence-corrected chi connectivity index (χ2v) is 8.37. The number of thiophene rings is 1. The summed E-state index contributed by atoms with van der Waals surface area (Å²) < 4.78 is 14.0. The van der Waals surface area contributed by atoms with Crippen molar-refractivity contribution in [1.29, 1.82) is 0 Å². The fourth-order valence-electron chi connectivity index (χ4n) is 3.04. The number of halogens is 1. The zero-order valence-corrected chi connectivity index (χ0v) is 15.8. The second-order valence-electron chi connectivity index (χ2n) is 6.31. The molecular weight excluding hydrogens is 371 g/mol. The van der Waals surface area contributed by atoms with Crippen LogP contribution in [0.3, 0.4) is 0 Å². The molecule has 0 radical (unpaired) electrons. The van der Waals surface area contributed by atoms with Gasteiger partial charge in [-0.3, -0.25) is 14.6 Å². The van der Waals surface area contributed by atoms with E-state index in [0.717, 1.165) is 37.4 Å². The van der Waals surface area contributed by atoms with Crippen molar-refractivity contribution in [2.45, 2.75) is 6.54 Å². The quantitative estimate of drug-likeness (QED) is 0.727. The summed E-state index contributed by atoms with van der Waals surface area (Å²) in [6.45, 7) is 5.03. The largest absolute Gasteiger partial charge is 0.301 e.